The number of hydrogen-bond donors (Lipinski definition) is 0. The van der Waals surface area contributed by atoms with E-state index in [9.17, 15) is 26.3 Å². The van der Waals surface area contributed by atoms with E-state index in [1.54, 1.807) is 0 Å². The molecule has 1 heterocycles. The van der Waals surface area contributed by atoms with Gasteiger partial charge in [-0.15, -0.1) is 0 Å². The van der Waals surface area contributed by atoms with Crippen LogP contribution in [0.1, 0.15) is 0 Å². The van der Waals surface area contributed by atoms with Crippen LogP contribution in [-0.4, -0.2) is 21.4 Å². The summed E-state index contributed by atoms with van der Waals surface area (Å²) in [6, 6.07) is 7.28. The first-order valence-electron chi connectivity index (χ1n) is 8.63. The quantitative estimate of drug-likeness (QED) is 0.480. The second-order valence-corrected chi connectivity index (χ2v) is 6.40. The molecule has 150 valence electrons. The first kappa shape index (κ1) is 20.6. The van der Waals surface area contributed by atoms with Crippen molar-refractivity contribution in [2.45, 2.75) is 0 Å². The smallest absolute Gasteiger partial charge is 0.444 e. The van der Waals surface area contributed by atoms with Gasteiger partial charge in [-0.2, -0.15) is 0 Å². The fourth-order valence-corrected chi connectivity index (χ4v) is 2.96. The van der Waals surface area contributed by atoms with Gasteiger partial charge in [0.2, 0.25) is 0 Å². The second kappa shape index (κ2) is 8.21. The van der Waals surface area contributed by atoms with Gasteiger partial charge in [-0.25, -0.2) is 26.3 Å². The summed E-state index contributed by atoms with van der Waals surface area (Å²) in [5.41, 5.74) is -1.29. The highest BCUT2D eigenvalue weighted by molar-refractivity contribution is 6.87. The Morgan fingerprint density at radius 3 is 0.967 bits per heavy atom. The maximum Gasteiger partial charge on any atom is 0.470 e. The Hall–Kier alpha value is -2.69. The summed E-state index contributed by atoms with van der Waals surface area (Å²) in [7, 11) is -5.10. The van der Waals surface area contributed by atoms with E-state index in [2.05, 4.69) is 0 Å². The highest BCUT2D eigenvalue weighted by Gasteiger charge is 2.46. The first-order chi connectivity index (χ1) is 14.3. The first-order valence-corrected chi connectivity index (χ1v) is 8.63. The average Bonchev–Trinajstić information content (AvgIpc) is 2.73. The summed E-state index contributed by atoms with van der Waals surface area (Å²) >= 11 is 0. The predicted octanol–water partition coefficient (Wildman–Crippen LogP) is 2.07. The lowest BCUT2D eigenvalue weighted by Gasteiger charge is -2.31. The summed E-state index contributed by atoms with van der Waals surface area (Å²) < 4.78 is 99.9. The minimum absolute atomic E-state index is 0.429. The summed E-state index contributed by atoms with van der Waals surface area (Å²) in [5.74, 6) is -5.27. The van der Waals surface area contributed by atoms with Gasteiger partial charge in [0, 0.05) is 16.4 Å². The third-order valence-electron chi connectivity index (χ3n) is 4.38. The standard InChI is InChI=1S/C18H9B3F6O3/c22-10-1-4-16(25)13(7-10)19-28-20(14-8-11(23)2-5-17(14)26)30-21(29-19)15-9-12(24)3-6-18(15)27/h1-9H. The van der Waals surface area contributed by atoms with Gasteiger partial charge in [0.1, 0.15) is 34.9 Å². The van der Waals surface area contributed by atoms with Crippen molar-refractivity contribution < 1.29 is 40.1 Å². The number of hydrogen-bond acceptors (Lipinski definition) is 3. The normalized spacial score (nSPS) is 14.4. The van der Waals surface area contributed by atoms with Crippen molar-refractivity contribution in [3.05, 3.63) is 89.5 Å². The lowest BCUT2D eigenvalue weighted by atomic mass is 9.61. The van der Waals surface area contributed by atoms with E-state index >= 15 is 0 Å². The molecule has 1 aliphatic rings. The fourth-order valence-electron chi connectivity index (χ4n) is 2.96. The van der Waals surface area contributed by atoms with Gasteiger partial charge in [-0.1, -0.05) is 0 Å². The predicted molar refractivity (Wildman–Crippen MR) is 98.5 cm³/mol. The maximum atomic E-state index is 14.3. The Morgan fingerprint density at radius 2 is 0.700 bits per heavy atom. The van der Waals surface area contributed by atoms with E-state index < -0.39 is 72.6 Å². The third kappa shape index (κ3) is 4.11. The van der Waals surface area contributed by atoms with Crippen LogP contribution in [0.3, 0.4) is 0 Å². The van der Waals surface area contributed by atoms with Crippen LogP contribution >= 0.6 is 0 Å². The van der Waals surface area contributed by atoms with Crippen LogP contribution in [-0.2, 0) is 13.7 Å². The number of benzene rings is 3. The Morgan fingerprint density at radius 1 is 0.433 bits per heavy atom. The SMILES string of the molecule is Fc1ccc(F)c(B2OB(c3cc(F)ccc3F)OB(c3cc(F)ccc3F)O2)c1. The fraction of sp³-hybridized carbons (Fsp3) is 0. The molecule has 0 amide bonds. The molecule has 0 radical (unpaired) electrons. The van der Waals surface area contributed by atoms with E-state index in [0.717, 1.165) is 54.6 Å². The minimum Gasteiger partial charge on any atom is -0.444 e. The summed E-state index contributed by atoms with van der Waals surface area (Å²) in [6.07, 6.45) is 0. The van der Waals surface area contributed by atoms with Crippen molar-refractivity contribution in [3.8, 4) is 0 Å². The van der Waals surface area contributed by atoms with Crippen LogP contribution in [0.15, 0.2) is 54.6 Å². The molecule has 30 heavy (non-hydrogen) atoms. The Bertz CT molecular complexity index is 960. The van der Waals surface area contributed by atoms with Crippen molar-refractivity contribution in [2.75, 3.05) is 0 Å². The molecule has 0 aliphatic carbocycles. The molecule has 3 aromatic rings. The molecule has 12 heteroatoms. The molecule has 0 unspecified atom stereocenters. The van der Waals surface area contributed by atoms with Crippen molar-refractivity contribution >= 4 is 37.7 Å². The zero-order valence-corrected chi connectivity index (χ0v) is 14.9. The lowest BCUT2D eigenvalue weighted by molar-refractivity contribution is 0.305. The molecular weight excluding hydrogens is 411 g/mol. The van der Waals surface area contributed by atoms with Crippen LogP contribution in [0.4, 0.5) is 26.3 Å². The Kier molecular flexibility index (Phi) is 5.63. The van der Waals surface area contributed by atoms with Gasteiger partial charge in [-0.3, -0.25) is 0 Å². The van der Waals surface area contributed by atoms with Gasteiger partial charge in [-0.05, 0) is 54.6 Å². The van der Waals surface area contributed by atoms with Gasteiger partial charge in [0.15, 0.2) is 0 Å². The third-order valence-corrected chi connectivity index (χ3v) is 4.38. The van der Waals surface area contributed by atoms with E-state index in [0.29, 0.717) is 0 Å². The highest BCUT2D eigenvalue weighted by atomic mass is 19.1. The lowest BCUT2D eigenvalue weighted by Crippen LogP contribution is -2.62. The van der Waals surface area contributed by atoms with E-state index in [-0.39, 0.29) is 0 Å². The molecule has 4 rings (SSSR count). The summed E-state index contributed by atoms with van der Waals surface area (Å²) in [6.45, 7) is 0. The van der Waals surface area contributed by atoms with Gasteiger partial charge in [0.25, 0.3) is 0 Å². The van der Waals surface area contributed by atoms with Crippen LogP contribution in [0.5, 0.6) is 0 Å². The molecule has 0 aromatic heterocycles. The van der Waals surface area contributed by atoms with E-state index in [1.165, 1.54) is 0 Å². The van der Waals surface area contributed by atoms with Crippen LogP contribution in [0, 0.1) is 34.9 Å². The topological polar surface area (TPSA) is 27.7 Å². The van der Waals surface area contributed by atoms with Crippen LogP contribution < -0.4 is 16.4 Å². The molecule has 1 fully saturated rings. The van der Waals surface area contributed by atoms with Crippen LogP contribution in [0.2, 0.25) is 0 Å². The largest absolute Gasteiger partial charge is 0.470 e. The molecule has 0 atom stereocenters. The molecule has 1 saturated heterocycles. The van der Waals surface area contributed by atoms with Crippen molar-refractivity contribution in [3.63, 3.8) is 0 Å². The highest BCUT2D eigenvalue weighted by Crippen LogP contribution is 2.15. The summed E-state index contributed by atoms with van der Waals surface area (Å²) in [5, 5.41) is 0. The second-order valence-electron chi connectivity index (χ2n) is 6.40. The molecule has 0 spiro atoms. The minimum atomic E-state index is -1.70. The molecule has 0 saturated carbocycles. The molecule has 0 N–H and O–H groups in total. The van der Waals surface area contributed by atoms with Gasteiger partial charge >= 0.3 is 21.4 Å². The van der Waals surface area contributed by atoms with E-state index in [1.807, 2.05) is 0 Å². The van der Waals surface area contributed by atoms with Crippen molar-refractivity contribution in [1.29, 1.82) is 0 Å². The zero-order valence-electron chi connectivity index (χ0n) is 14.9. The van der Waals surface area contributed by atoms with E-state index in [4.69, 9.17) is 13.7 Å². The Balaban J connectivity index is 1.79. The van der Waals surface area contributed by atoms with Gasteiger partial charge < -0.3 is 13.7 Å². The van der Waals surface area contributed by atoms with Gasteiger partial charge in [0.05, 0.1) is 0 Å². The van der Waals surface area contributed by atoms with Crippen molar-refractivity contribution in [1.82, 2.24) is 0 Å². The maximum absolute atomic E-state index is 14.3. The summed E-state index contributed by atoms with van der Waals surface area (Å²) in [4.78, 5) is 0. The average molecular weight is 420 g/mol. The molecule has 0 bridgehead atoms. The monoisotopic (exact) mass is 420 g/mol. The number of halogens is 6. The Labute approximate surface area is 168 Å². The molecule has 3 aromatic carbocycles. The molecular formula is C18H9B3F6O3. The number of rotatable bonds is 3. The van der Waals surface area contributed by atoms with Crippen LogP contribution in [0.25, 0.3) is 0 Å². The zero-order chi connectivity index (χ0) is 21.4. The van der Waals surface area contributed by atoms with Crippen molar-refractivity contribution in [2.24, 2.45) is 0 Å². The molecule has 3 nitrogen and oxygen atoms in total. The molecule has 1 aliphatic heterocycles.